The van der Waals surface area contributed by atoms with Gasteiger partial charge in [0, 0.05) is 43.9 Å². The number of nitrogens with zero attached hydrogens (tertiary/aromatic N) is 4. The number of aromatic nitrogens is 4. The Bertz CT molecular complexity index is 3510. The summed E-state index contributed by atoms with van der Waals surface area (Å²) in [6.07, 6.45) is 0. The van der Waals surface area contributed by atoms with Crippen LogP contribution in [-0.2, 0) is 0 Å². The molecule has 0 aliphatic rings. The largest absolute Gasteiger partial charge is 0.456 e. The lowest BCUT2D eigenvalue weighted by Gasteiger charge is -2.11. The predicted molar refractivity (Wildman–Crippen MR) is 254 cm³/mol. The van der Waals surface area contributed by atoms with E-state index in [-0.39, 0.29) is 0 Å². The summed E-state index contributed by atoms with van der Waals surface area (Å²) in [7, 11) is 0. The van der Waals surface area contributed by atoms with Crippen molar-refractivity contribution in [1.29, 1.82) is 0 Å². The standard InChI is InChI=1S/C57H36N4O/c1-4-15-37(16-5-1)41-19-12-21-43(33-41)56-58-55(59-57(60-56)44-22-13-20-42(34-44)38-17-6-2-7-18-38)40-31-29-39(30-32-40)46-26-14-28-52-54(46)49-35-51-48(36-53(49)62-52)47-25-10-11-27-50(47)61(51)45-23-8-3-9-24-45/h1-36H. The number of para-hydroxylation sites is 2. The van der Waals surface area contributed by atoms with Crippen LogP contribution in [0.5, 0.6) is 0 Å². The Labute approximate surface area is 357 Å². The summed E-state index contributed by atoms with van der Waals surface area (Å²) < 4.78 is 8.98. The molecule has 0 bridgehead atoms. The van der Waals surface area contributed by atoms with Crippen molar-refractivity contribution in [2.24, 2.45) is 0 Å². The zero-order chi connectivity index (χ0) is 41.0. The van der Waals surface area contributed by atoms with Crippen LogP contribution < -0.4 is 0 Å². The summed E-state index contributed by atoms with van der Waals surface area (Å²) in [4.78, 5) is 15.4. The first-order valence-electron chi connectivity index (χ1n) is 20.8. The molecule has 0 fully saturated rings. The molecule has 12 rings (SSSR count). The van der Waals surface area contributed by atoms with Crippen molar-refractivity contribution in [2.75, 3.05) is 0 Å². The molecule has 5 heteroatoms. The van der Waals surface area contributed by atoms with Gasteiger partial charge < -0.3 is 8.98 Å². The van der Waals surface area contributed by atoms with Gasteiger partial charge in [0.1, 0.15) is 11.2 Å². The minimum atomic E-state index is 0.606. The maximum absolute atomic E-state index is 6.63. The summed E-state index contributed by atoms with van der Waals surface area (Å²) in [5.41, 5.74) is 14.5. The molecule has 0 saturated carbocycles. The van der Waals surface area contributed by atoms with Crippen LogP contribution >= 0.6 is 0 Å². The van der Waals surface area contributed by atoms with E-state index in [9.17, 15) is 0 Å². The number of rotatable bonds is 7. The van der Waals surface area contributed by atoms with Gasteiger partial charge in [-0.25, -0.2) is 15.0 Å². The summed E-state index contributed by atoms with van der Waals surface area (Å²) in [5, 5.41) is 4.52. The third-order valence-electron chi connectivity index (χ3n) is 11.8. The van der Waals surface area contributed by atoms with E-state index in [0.717, 1.165) is 88.6 Å². The number of furan rings is 1. The summed E-state index contributed by atoms with van der Waals surface area (Å²) >= 11 is 0. The highest BCUT2D eigenvalue weighted by molar-refractivity contribution is 6.19. The van der Waals surface area contributed by atoms with Crippen LogP contribution in [0.15, 0.2) is 223 Å². The lowest BCUT2D eigenvalue weighted by Crippen LogP contribution is -2.00. The van der Waals surface area contributed by atoms with Crippen molar-refractivity contribution in [3.63, 3.8) is 0 Å². The molecule has 0 radical (unpaired) electrons. The summed E-state index contributed by atoms with van der Waals surface area (Å²) in [6, 6.07) is 76.2. The molecule has 0 spiro atoms. The fraction of sp³-hybridized carbons (Fsp3) is 0. The molecule has 3 aromatic heterocycles. The minimum absolute atomic E-state index is 0.606. The Balaban J connectivity index is 0.986. The maximum atomic E-state index is 6.63. The second-order valence-electron chi connectivity index (χ2n) is 15.6. The van der Waals surface area contributed by atoms with E-state index in [0.29, 0.717) is 17.5 Å². The molecule has 0 atom stereocenters. The molecule has 62 heavy (non-hydrogen) atoms. The first kappa shape index (κ1) is 35.5. The average Bonchev–Trinajstić information content (AvgIpc) is 3.89. The fourth-order valence-electron chi connectivity index (χ4n) is 8.88. The van der Waals surface area contributed by atoms with E-state index >= 15 is 0 Å². The maximum Gasteiger partial charge on any atom is 0.164 e. The van der Waals surface area contributed by atoms with Crippen molar-refractivity contribution in [3.8, 4) is 73.2 Å². The van der Waals surface area contributed by atoms with E-state index in [1.165, 1.54) is 10.9 Å². The number of fused-ring (bicyclic) bond motifs is 6. The monoisotopic (exact) mass is 792 g/mol. The lowest BCUT2D eigenvalue weighted by molar-refractivity contribution is 0.669. The molecule has 0 amide bonds. The highest BCUT2D eigenvalue weighted by Crippen LogP contribution is 2.42. The minimum Gasteiger partial charge on any atom is -0.456 e. The highest BCUT2D eigenvalue weighted by Gasteiger charge is 2.19. The van der Waals surface area contributed by atoms with E-state index in [2.05, 4.69) is 211 Å². The average molecular weight is 793 g/mol. The normalized spacial score (nSPS) is 11.5. The van der Waals surface area contributed by atoms with Gasteiger partial charge in [-0.1, -0.05) is 170 Å². The van der Waals surface area contributed by atoms with Gasteiger partial charge in [0.15, 0.2) is 17.5 Å². The van der Waals surface area contributed by atoms with Gasteiger partial charge in [-0.3, -0.25) is 0 Å². The second-order valence-corrected chi connectivity index (χ2v) is 15.6. The molecule has 3 heterocycles. The Morgan fingerprint density at radius 1 is 0.306 bits per heavy atom. The molecule has 0 N–H and O–H groups in total. The van der Waals surface area contributed by atoms with Gasteiger partial charge in [-0.05, 0) is 81.9 Å². The topological polar surface area (TPSA) is 56.7 Å². The Morgan fingerprint density at radius 3 is 1.47 bits per heavy atom. The van der Waals surface area contributed by atoms with Gasteiger partial charge in [0.25, 0.3) is 0 Å². The fourth-order valence-corrected chi connectivity index (χ4v) is 8.88. The van der Waals surface area contributed by atoms with Crippen LogP contribution in [-0.4, -0.2) is 19.5 Å². The number of hydrogen-bond acceptors (Lipinski definition) is 4. The summed E-state index contributed by atoms with van der Waals surface area (Å²) in [5.74, 6) is 1.84. The van der Waals surface area contributed by atoms with Crippen LogP contribution in [0, 0.1) is 0 Å². The van der Waals surface area contributed by atoms with E-state index < -0.39 is 0 Å². The molecular formula is C57H36N4O. The highest BCUT2D eigenvalue weighted by atomic mass is 16.3. The Morgan fingerprint density at radius 2 is 0.823 bits per heavy atom. The quantitative estimate of drug-likeness (QED) is 0.161. The van der Waals surface area contributed by atoms with E-state index in [1.807, 2.05) is 12.1 Å². The van der Waals surface area contributed by atoms with Crippen LogP contribution in [0.3, 0.4) is 0 Å². The van der Waals surface area contributed by atoms with Gasteiger partial charge in [0.05, 0.1) is 11.0 Å². The molecule has 5 nitrogen and oxygen atoms in total. The molecule has 9 aromatic carbocycles. The van der Waals surface area contributed by atoms with Crippen molar-refractivity contribution in [2.45, 2.75) is 0 Å². The zero-order valence-corrected chi connectivity index (χ0v) is 33.5. The van der Waals surface area contributed by atoms with Crippen LogP contribution in [0.4, 0.5) is 0 Å². The molecule has 0 aliphatic heterocycles. The van der Waals surface area contributed by atoms with E-state index in [4.69, 9.17) is 19.4 Å². The van der Waals surface area contributed by atoms with Gasteiger partial charge >= 0.3 is 0 Å². The predicted octanol–water partition coefficient (Wildman–Crippen LogP) is 14.9. The molecule has 0 saturated heterocycles. The second kappa shape index (κ2) is 14.7. The van der Waals surface area contributed by atoms with Gasteiger partial charge in [-0.15, -0.1) is 0 Å². The zero-order valence-electron chi connectivity index (χ0n) is 33.5. The first-order valence-corrected chi connectivity index (χ1v) is 20.8. The van der Waals surface area contributed by atoms with Crippen LogP contribution in [0.25, 0.3) is 117 Å². The molecule has 12 aromatic rings. The molecule has 0 aliphatic carbocycles. The Hall–Kier alpha value is -8.41. The van der Waals surface area contributed by atoms with Crippen LogP contribution in [0.2, 0.25) is 0 Å². The van der Waals surface area contributed by atoms with Crippen molar-refractivity contribution in [1.82, 2.24) is 19.5 Å². The molecule has 0 unspecified atom stereocenters. The van der Waals surface area contributed by atoms with Crippen molar-refractivity contribution >= 4 is 43.7 Å². The molecular weight excluding hydrogens is 757 g/mol. The molecule has 290 valence electrons. The van der Waals surface area contributed by atoms with Gasteiger partial charge in [-0.2, -0.15) is 0 Å². The van der Waals surface area contributed by atoms with E-state index in [1.54, 1.807) is 0 Å². The first-order chi connectivity index (χ1) is 30.7. The number of hydrogen-bond donors (Lipinski definition) is 0. The third-order valence-corrected chi connectivity index (χ3v) is 11.8. The Kier molecular flexibility index (Phi) is 8.42. The lowest BCUT2D eigenvalue weighted by atomic mass is 9.98. The smallest absolute Gasteiger partial charge is 0.164 e. The third kappa shape index (κ3) is 6.14. The number of benzene rings is 9. The summed E-state index contributed by atoms with van der Waals surface area (Å²) in [6.45, 7) is 0. The van der Waals surface area contributed by atoms with Crippen molar-refractivity contribution in [3.05, 3.63) is 218 Å². The SMILES string of the molecule is c1ccc(-c2cccc(-c3nc(-c4ccc(-c5cccc6oc7cc8c9ccccc9n(-c9ccccc9)c8cc7c56)cc4)nc(-c4cccc(-c5ccccc5)c4)n3)c2)cc1. The van der Waals surface area contributed by atoms with Gasteiger partial charge in [0.2, 0.25) is 0 Å². The van der Waals surface area contributed by atoms with Crippen LogP contribution in [0.1, 0.15) is 0 Å². The van der Waals surface area contributed by atoms with Crippen molar-refractivity contribution < 1.29 is 4.42 Å².